The monoisotopic (exact) mass is 319 g/mol. The maximum atomic E-state index is 12.0. The molecule has 0 radical (unpaired) electrons. The third-order valence-electron chi connectivity index (χ3n) is 3.36. The molecule has 0 aliphatic heterocycles. The van der Waals surface area contributed by atoms with Crippen LogP contribution in [0, 0.1) is 6.92 Å². The fourth-order valence-electron chi connectivity index (χ4n) is 2.27. The maximum absolute atomic E-state index is 12.0. The van der Waals surface area contributed by atoms with Gasteiger partial charge in [-0.15, -0.1) is 0 Å². The normalized spacial score (nSPS) is 13.0. The van der Waals surface area contributed by atoms with Gasteiger partial charge in [0, 0.05) is 6.54 Å². The van der Waals surface area contributed by atoms with Crippen molar-refractivity contribution in [3.63, 3.8) is 0 Å². The highest BCUT2D eigenvalue weighted by Crippen LogP contribution is 2.15. The van der Waals surface area contributed by atoms with Crippen LogP contribution in [-0.4, -0.2) is 20.1 Å². The van der Waals surface area contributed by atoms with E-state index >= 15 is 0 Å². The van der Waals surface area contributed by atoms with Gasteiger partial charge in [-0.3, -0.25) is 0 Å². The number of hydrogen-bond donors (Lipinski definition) is 2. The second kappa shape index (κ2) is 7.54. The molecule has 118 valence electrons. The Kier molecular flexibility index (Phi) is 5.71. The molecule has 2 aromatic rings. The van der Waals surface area contributed by atoms with Crippen LogP contribution in [0.5, 0.6) is 0 Å². The first-order valence-electron chi connectivity index (χ1n) is 7.22. The minimum atomic E-state index is -3.39. The van der Waals surface area contributed by atoms with Crippen molar-refractivity contribution < 1.29 is 13.5 Å². The van der Waals surface area contributed by atoms with E-state index in [2.05, 4.69) is 4.72 Å². The molecule has 1 atom stereocenters. The van der Waals surface area contributed by atoms with Crippen molar-refractivity contribution in [2.75, 3.05) is 6.54 Å². The lowest BCUT2D eigenvalue weighted by molar-refractivity contribution is 0.169. The number of rotatable bonds is 7. The summed E-state index contributed by atoms with van der Waals surface area (Å²) in [7, 11) is -3.39. The van der Waals surface area contributed by atoms with Gasteiger partial charge in [0.25, 0.3) is 0 Å². The number of benzene rings is 2. The lowest BCUT2D eigenvalue weighted by Crippen LogP contribution is -2.27. The van der Waals surface area contributed by atoms with Crippen molar-refractivity contribution in [2.45, 2.75) is 25.2 Å². The highest BCUT2D eigenvalue weighted by Gasteiger charge is 2.13. The molecule has 0 aliphatic rings. The molecular formula is C17H21NO3S. The van der Waals surface area contributed by atoms with Crippen LogP contribution in [0.3, 0.4) is 0 Å². The van der Waals surface area contributed by atoms with E-state index in [4.69, 9.17) is 0 Å². The summed E-state index contributed by atoms with van der Waals surface area (Å²) in [5, 5.41) is 10.0. The summed E-state index contributed by atoms with van der Waals surface area (Å²) >= 11 is 0. The van der Waals surface area contributed by atoms with Gasteiger partial charge < -0.3 is 5.11 Å². The van der Waals surface area contributed by atoms with E-state index in [0.29, 0.717) is 6.42 Å². The molecule has 2 rings (SSSR count). The number of aryl methyl sites for hydroxylation is 1. The summed E-state index contributed by atoms with van der Waals surface area (Å²) in [6, 6.07) is 16.7. The highest BCUT2D eigenvalue weighted by atomic mass is 32.2. The molecular weight excluding hydrogens is 298 g/mol. The zero-order valence-corrected chi connectivity index (χ0v) is 13.4. The Morgan fingerprint density at radius 3 is 2.50 bits per heavy atom. The molecule has 0 aromatic heterocycles. The first-order valence-corrected chi connectivity index (χ1v) is 8.87. The Bertz CT molecular complexity index is 699. The molecule has 5 heteroatoms. The van der Waals surface area contributed by atoms with E-state index in [1.54, 1.807) is 6.07 Å². The fourth-order valence-corrected chi connectivity index (χ4v) is 3.41. The molecule has 22 heavy (non-hydrogen) atoms. The molecule has 0 aliphatic carbocycles. The first-order chi connectivity index (χ1) is 10.5. The number of sulfonamides is 1. The molecule has 4 nitrogen and oxygen atoms in total. The van der Waals surface area contributed by atoms with E-state index in [1.807, 2.05) is 55.5 Å². The van der Waals surface area contributed by atoms with Crippen molar-refractivity contribution >= 4 is 10.0 Å². The van der Waals surface area contributed by atoms with Crippen molar-refractivity contribution in [2.24, 2.45) is 0 Å². The Morgan fingerprint density at radius 1 is 1.09 bits per heavy atom. The van der Waals surface area contributed by atoms with Crippen LogP contribution in [0.15, 0.2) is 54.6 Å². The molecule has 2 N–H and O–H groups in total. The third kappa shape index (κ3) is 5.26. The Labute approximate surface area is 131 Å². The van der Waals surface area contributed by atoms with Crippen molar-refractivity contribution in [3.8, 4) is 0 Å². The smallest absolute Gasteiger partial charge is 0.215 e. The lowest BCUT2D eigenvalue weighted by atomic mass is 10.1. The average molecular weight is 319 g/mol. The molecule has 1 unspecified atom stereocenters. The van der Waals surface area contributed by atoms with E-state index in [1.165, 1.54) is 0 Å². The molecule has 0 bridgehead atoms. The van der Waals surface area contributed by atoms with Crippen LogP contribution >= 0.6 is 0 Å². The van der Waals surface area contributed by atoms with Crippen molar-refractivity contribution in [3.05, 3.63) is 71.3 Å². The zero-order chi connectivity index (χ0) is 16.0. The average Bonchev–Trinajstić information content (AvgIpc) is 2.47. The van der Waals surface area contributed by atoms with E-state index < -0.39 is 16.1 Å². The van der Waals surface area contributed by atoms with E-state index in [-0.39, 0.29) is 12.3 Å². The van der Waals surface area contributed by atoms with Gasteiger partial charge in [-0.05, 0) is 24.5 Å². The molecule has 0 heterocycles. The highest BCUT2D eigenvalue weighted by molar-refractivity contribution is 7.88. The van der Waals surface area contributed by atoms with Gasteiger partial charge in [0.15, 0.2) is 0 Å². The predicted octanol–water partition coefficient (Wildman–Crippen LogP) is 2.54. The summed E-state index contributed by atoms with van der Waals surface area (Å²) in [5.74, 6) is -0.0455. The second-order valence-corrected chi connectivity index (χ2v) is 7.16. The summed E-state index contributed by atoms with van der Waals surface area (Å²) in [6.45, 7) is 2.14. The zero-order valence-electron chi connectivity index (χ0n) is 12.6. The molecule has 0 spiro atoms. The predicted molar refractivity (Wildman–Crippen MR) is 87.8 cm³/mol. The Balaban J connectivity index is 1.85. The van der Waals surface area contributed by atoms with Gasteiger partial charge in [-0.2, -0.15) is 0 Å². The van der Waals surface area contributed by atoms with Crippen molar-refractivity contribution in [1.82, 2.24) is 4.72 Å². The lowest BCUT2D eigenvalue weighted by Gasteiger charge is -2.12. The molecule has 0 saturated carbocycles. The van der Waals surface area contributed by atoms with Gasteiger partial charge in [-0.25, -0.2) is 13.1 Å². The van der Waals surface area contributed by atoms with Gasteiger partial charge in [0.1, 0.15) is 0 Å². The van der Waals surface area contributed by atoms with Crippen LogP contribution in [0.25, 0.3) is 0 Å². The summed E-state index contributed by atoms with van der Waals surface area (Å²) in [5.41, 5.74) is 2.59. The molecule has 0 saturated heterocycles. The molecule has 0 amide bonds. The third-order valence-corrected chi connectivity index (χ3v) is 4.72. The van der Waals surface area contributed by atoms with Gasteiger partial charge in [0.2, 0.25) is 10.0 Å². The summed E-state index contributed by atoms with van der Waals surface area (Å²) in [6.07, 6.45) is -0.320. The van der Waals surface area contributed by atoms with E-state index in [0.717, 1.165) is 16.7 Å². The minimum absolute atomic E-state index is 0.0455. The standard InChI is InChI=1S/C17H21NO3S/c1-14-6-5-7-15(12-14)13-22(20,21)18-11-10-17(19)16-8-3-2-4-9-16/h2-9,12,17-19H,10-11,13H2,1H3. The van der Waals surface area contributed by atoms with Crippen LogP contribution in [-0.2, 0) is 15.8 Å². The Morgan fingerprint density at radius 2 is 1.82 bits per heavy atom. The van der Waals surface area contributed by atoms with Gasteiger partial charge in [0.05, 0.1) is 11.9 Å². The van der Waals surface area contributed by atoms with Gasteiger partial charge in [-0.1, -0.05) is 60.2 Å². The number of nitrogens with one attached hydrogen (secondary N) is 1. The van der Waals surface area contributed by atoms with Gasteiger partial charge >= 0.3 is 0 Å². The maximum Gasteiger partial charge on any atom is 0.215 e. The number of aliphatic hydroxyl groups is 1. The van der Waals surface area contributed by atoms with Crippen LogP contribution in [0.2, 0.25) is 0 Å². The molecule has 2 aromatic carbocycles. The topological polar surface area (TPSA) is 66.4 Å². The SMILES string of the molecule is Cc1cccc(CS(=O)(=O)NCCC(O)c2ccccc2)c1. The molecule has 0 fully saturated rings. The fraction of sp³-hybridized carbons (Fsp3) is 0.294. The number of aliphatic hydroxyl groups excluding tert-OH is 1. The Hall–Kier alpha value is -1.69. The summed E-state index contributed by atoms with van der Waals surface area (Å²) < 4.78 is 26.6. The van der Waals surface area contributed by atoms with Crippen molar-refractivity contribution in [1.29, 1.82) is 0 Å². The largest absolute Gasteiger partial charge is 0.388 e. The van der Waals surface area contributed by atoms with Crippen LogP contribution < -0.4 is 4.72 Å². The summed E-state index contributed by atoms with van der Waals surface area (Å²) in [4.78, 5) is 0. The van der Waals surface area contributed by atoms with Crippen LogP contribution in [0.1, 0.15) is 29.2 Å². The quantitative estimate of drug-likeness (QED) is 0.824. The first kappa shape index (κ1) is 16.7. The number of hydrogen-bond acceptors (Lipinski definition) is 3. The minimum Gasteiger partial charge on any atom is -0.388 e. The second-order valence-electron chi connectivity index (χ2n) is 5.36. The van der Waals surface area contributed by atoms with E-state index in [9.17, 15) is 13.5 Å². The van der Waals surface area contributed by atoms with Crippen LogP contribution in [0.4, 0.5) is 0 Å².